The van der Waals surface area contributed by atoms with Crippen LogP contribution in [0.2, 0.25) is 0 Å². The molecule has 2 heterocycles. The van der Waals surface area contributed by atoms with Crippen LogP contribution < -0.4 is 4.74 Å². The Labute approximate surface area is 185 Å². The molecule has 32 heavy (non-hydrogen) atoms. The predicted octanol–water partition coefficient (Wildman–Crippen LogP) is 3.59. The second kappa shape index (κ2) is 7.44. The number of aliphatic hydroxyl groups is 1. The number of halogens is 1. The molecular formula is C23H23FN2O5S. The van der Waals surface area contributed by atoms with E-state index in [1.54, 1.807) is 18.2 Å². The van der Waals surface area contributed by atoms with Crippen LogP contribution in [0, 0.1) is 11.2 Å². The van der Waals surface area contributed by atoms with Gasteiger partial charge in [0.25, 0.3) is 15.9 Å². The monoisotopic (exact) mass is 458 g/mol. The van der Waals surface area contributed by atoms with Crippen molar-refractivity contribution in [1.29, 1.82) is 0 Å². The lowest BCUT2D eigenvalue weighted by Gasteiger charge is -2.35. The predicted molar refractivity (Wildman–Crippen MR) is 117 cm³/mol. The lowest BCUT2D eigenvalue weighted by atomic mass is 9.84. The van der Waals surface area contributed by atoms with E-state index in [9.17, 15) is 22.7 Å². The first-order chi connectivity index (χ1) is 15.0. The Morgan fingerprint density at radius 2 is 1.88 bits per heavy atom. The number of benzene rings is 2. The molecule has 1 amide bonds. The summed E-state index contributed by atoms with van der Waals surface area (Å²) in [6, 6.07) is 9.74. The highest BCUT2D eigenvalue weighted by Gasteiger charge is 2.48. The molecular weight excluding hydrogens is 435 g/mol. The van der Waals surface area contributed by atoms with Crippen molar-refractivity contribution in [2.24, 2.45) is 9.81 Å². The van der Waals surface area contributed by atoms with Gasteiger partial charge in [-0.3, -0.25) is 4.79 Å². The largest absolute Gasteiger partial charge is 0.509 e. The van der Waals surface area contributed by atoms with Crippen molar-refractivity contribution >= 4 is 21.6 Å². The van der Waals surface area contributed by atoms with Gasteiger partial charge in [-0.15, -0.1) is 0 Å². The van der Waals surface area contributed by atoms with Gasteiger partial charge < -0.3 is 14.7 Å². The molecule has 0 saturated heterocycles. The van der Waals surface area contributed by atoms with E-state index in [0.717, 1.165) is 0 Å². The molecule has 4 rings (SSSR count). The van der Waals surface area contributed by atoms with Gasteiger partial charge in [0.15, 0.2) is 11.6 Å². The van der Waals surface area contributed by atoms with Crippen molar-refractivity contribution in [2.45, 2.75) is 38.3 Å². The Balaban J connectivity index is 1.81. The second-order valence-electron chi connectivity index (χ2n) is 8.84. The number of sulfonamides is 1. The molecule has 0 fully saturated rings. The third kappa shape index (κ3) is 3.46. The molecule has 7 nitrogen and oxygen atoms in total. The molecule has 168 valence electrons. The Morgan fingerprint density at radius 1 is 1.19 bits per heavy atom. The van der Waals surface area contributed by atoms with Crippen LogP contribution in [-0.2, 0) is 21.4 Å². The number of aliphatic hydroxyl groups excluding tert-OH is 1. The van der Waals surface area contributed by atoms with Gasteiger partial charge in [0.1, 0.15) is 17.0 Å². The minimum atomic E-state index is -3.97. The molecule has 0 aliphatic carbocycles. The molecule has 2 aliphatic rings. The van der Waals surface area contributed by atoms with E-state index in [2.05, 4.69) is 4.40 Å². The third-order valence-electron chi connectivity index (χ3n) is 5.56. The third-order valence-corrected chi connectivity index (χ3v) is 6.89. The molecule has 1 unspecified atom stereocenters. The number of ether oxygens (including phenoxy) is 1. The number of amides is 1. The van der Waals surface area contributed by atoms with Crippen LogP contribution in [0.3, 0.4) is 0 Å². The molecule has 2 aliphatic heterocycles. The number of carbonyl (C=O) groups is 1. The Bertz CT molecular complexity index is 1290. The number of fused-ring (bicyclic) bond motifs is 1. The van der Waals surface area contributed by atoms with Crippen LogP contribution in [0.25, 0.3) is 0 Å². The number of hydrogen-bond donors (Lipinski definition) is 1. The van der Waals surface area contributed by atoms with Crippen molar-refractivity contribution in [3.8, 4) is 5.75 Å². The zero-order valence-electron chi connectivity index (χ0n) is 18.1. The summed E-state index contributed by atoms with van der Waals surface area (Å²) in [5.74, 6) is -1.27. The van der Waals surface area contributed by atoms with Crippen molar-refractivity contribution in [1.82, 2.24) is 4.90 Å². The zero-order chi connectivity index (χ0) is 23.4. The maximum Gasteiger partial charge on any atom is 0.283 e. The molecule has 9 heteroatoms. The SMILES string of the molecule is COc1cc(CN2C(=O)C(C3=NS(=O)(=O)c4ccccc43)=C(O)C2C(C)(C)C)ccc1F. The van der Waals surface area contributed by atoms with Crippen molar-refractivity contribution in [3.63, 3.8) is 0 Å². The second-order valence-corrected chi connectivity index (χ2v) is 10.4. The standard InChI is InChI=1S/C23H23FN2O5S/c1-23(2,3)21-20(27)18(19-14-7-5-6-8-17(14)32(29,30)25-19)22(28)26(21)12-13-9-10-15(24)16(11-13)31-4/h5-11,21,27H,12H2,1-4H3. The fourth-order valence-corrected chi connectivity index (χ4v) is 5.42. The highest BCUT2D eigenvalue weighted by molar-refractivity contribution is 7.90. The summed E-state index contributed by atoms with van der Waals surface area (Å²) in [7, 11) is -2.62. The molecule has 0 saturated carbocycles. The van der Waals surface area contributed by atoms with E-state index in [1.165, 1.54) is 36.3 Å². The van der Waals surface area contributed by atoms with E-state index in [0.29, 0.717) is 5.56 Å². The first-order valence-electron chi connectivity index (χ1n) is 9.97. The van der Waals surface area contributed by atoms with Crippen molar-refractivity contribution in [2.75, 3.05) is 7.11 Å². The Hall–Kier alpha value is -3.20. The van der Waals surface area contributed by atoms with Gasteiger partial charge in [-0.1, -0.05) is 45.0 Å². The maximum atomic E-state index is 13.8. The summed E-state index contributed by atoms with van der Waals surface area (Å²) in [5, 5.41) is 11.2. The van der Waals surface area contributed by atoms with Crippen LogP contribution in [0.5, 0.6) is 5.75 Å². The average molecular weight is 459 g/mol. The summed E-state index contributed by atoms with van der Waals surface area (Å²) in [6.45, 7) is 5.66. The molecule has 0 aromatic heterocycles. The van der Waals surface area contributed by atoms with Gasteiger partial charge in [0, 0.05) is 12.1 Å². The first kappa shape index (κ1) is 22.0. The smallest absolute Gasteiger partial charge is 0.283 e. The number of methoxy groups -OCH3 is 1. The molecule has 2 aromatic carbocycles. The summed E-state index contributed by atoms with van der Waals surface area (Å²) in [5.41, 5.74) is 0.106. The number of nitrogens with zero attached hydrogens (tertiary/aromatic N) is 2. The summed E-state index contributed by atoms with van der Waals surface area (Å²) < 4.78 is 47.7. The maximum absolute atomic E-state index is 13.8. The lowest BCUT2D eigenvalue weighted by molar-refractivity contribution is -0.129. The normalized spacial score (nSPS) is 19.9. The Kier molecular flexibility index (Phi) is 5.12. The molecule has 0 radical (unpaired) electrons. The van der Waals surface area contributed by atoms with Crippen LogP contribution in [0.15, 0.2) is 63.1 Å². The highest BCUT2D eigenvalue weighted by Crippen LogP contribution is 2.41. The van der Waals surface area contributed by atoms with Crippen LogP contribution >= 0.6 is 0 Å². The molecule has 1 N–H and O–H groups in total. The summed E-state index contributed by atoms with van der Waals surface area (Å²) in [4.78, 5) is 15.0. The van der Waals surface area contributed by atoms with Gasteiger partial charge >= 0.3 is 0 Å². The zero-order valence-corrected chi connectivity index (χ0v) is 18.9. The van der Waals surface area contributed by atoms with Crippen LogP contribution in [0.1, 0.15) is 31.9 Å². The lowest BCUT2D eigenvalue weighted by Crippen LogP contribution is -2.43. The van der Waals surface area contributed by atoms with E-state index >= 15 is 0 Å². The topological polar surface area (TPSA) is 96.3 Å². The van der Waals surface area contributed by atoms with Gasteiger partial charge in [-0.05, 0) is 29.2 Å². The van der Waals surface area contributed by atoms with Crippen molar-refractivity contribution in [3.05, 3.63) is 70.7 Å². The van der Waals surface area contributed by atoms with Gasteiger partial charge in [0.2, 0.25) is 0 Å². The molecule has 0 bridgehead atoms. The van der Waals surface area contributed by atoms with Gasteiger partial charge in [-0.2, -0.15) is 12.8 Å². The Morgan fingerprint density at radius 3 is 2.53 bits per heavy atom. The molecule has 1 atom stereocenters. The van der Waals surface area contributed by atoms with Crippen LogP contribution in [0.4, 0.5) is 4.39 Å². The average Bonchev–Trinajstić information content (AvgIpc) is 3.13. The fraction of sp³-hybridized carbons (Fsp3) is 0.304. The van der Waals surface area contributed by atoms with Gasteiger partial charge in [0.05, 0.1) is 18.0 Å². The first-order valence-corrected chi connectivity index (χ1v) is 11.4. The fourth-order valence-electron chi connectivity index (χ4n) is 4.20. The van der Waals surface area contributed by atoms with Crippen LogP contribution in [-0.4, -0.2) is 43.2 Å². The van der Waals surface area contributed by atoms with E-state index < -0.39 is 33.2 Å². The minimum absolute atomic E-state index is 0.00266. The van der Waals surface area contributed by atoms with Crippen molar-refractivity contribution < 1.29 is 27.4 Å². The number of hydrogen-bond acceptors (Lipinski definition) is 5. The van der Waals surface area contributed by atoms with E-state index in [-0.39, 0.29) is 39.8 Å². The van der Waals surface area contributed by atoms with E-state index in [4.69, 9.17) is 4.74 Å². The van der Waals surface area contributed by atoms with E-state index in [1.807, 2.05) is 20.8 Å². The number of carbonyl (C=O) groups excluding carboxylic acids is 1. The molecule has 2 aromatic rings. The minimum Gasteiger partial charge on any atom is -0.509 e. The molecule has 0 spiro atoms. The summed E-state index contributed by atoms with van der Waals surface area (Å²) in [6.07, 6.45) is 0. The summed E-state index contributed by atoms with van der Waals surface area (Å²) >= 11 is 0. The van der Waals surface area contributed by atoms with Gasteiger partial charge in [-0.25, -0.2) is 4.39 Å². The quantitative estimate of drug-likeness (QED) is 0.755. The highest BCUT2D eigenvalue weighted by atomic mass is 32.2. The number of rotatable bonds is 4.